The highest BCUT2D eigenvalue weighted by atomic mass is 32.2. The molecular formula is C21H20N2O3S2. The third-order valence-electron chi connectivity index (χ3n) is 4.89. The molecule has 1 amide bonds. The number of hydrogen-bond acceptors (Lipinski definition) is 5. The van der Waals surface area contributed by atoms with Gasteiger partial charge < -0.3 is 0 Å². The smallest absolute Gasteiger partial charge is 0.257 e. The predicted octanol–water partition coefficient (Wildman–Crippen LogP) is 4.34. The Morgan fingerprint density at radius 3 is 2.64 bits per heavy atom. The van der Waals surface area contributed by atoms with Crippen molar-refractivity contribution in [3.63, 3.8) is 0 Å². The topological polar surface area (TPSA) is 76.1 Å². The molecule has 1 aliphatic carbocycles. The molecule has 0 aliphatic heterocycles. The summed E-state index contributed by atoms with van der Waals surface area (Å²) in [5.41, 5.74) is 4.98. The number of benzene rings is 2. The van der Waals surface area contributed by atoms with Gasteiger partial charge in [0.05, 0.1) is 10.6 Å². The Bertz CT molecular complexity index is 1150. The fourth-order valence-corrected chi connectivity index (χ4v) is 4.78. The van der Waals surface area contributed by atoms with Gasteiger partial charge in [0.1, 0.15) is 0 Å². The fraction of sp³-hybridized carbons (Fsp3) is 0.238. The van der Waals surface area contributed by atoms with Crippen LogP contribution in [-0.4, -0.2) is 25.6 Å². The summed E-state index contributed by atoms with van der Waals surface area (Å²) in [4.78, 5) is 17.1. The van der Waals surface area contributed by atoms with Crippen molar-refractivity contribution in [1.82, 2.24) is 4.98 Å². The first-order chi connectivity index (χ1) is 13.4. The lowest BCUT2D eigenvalue weighted by Gasteiger charge is -2.16. The van der Waals surface area contributed by atoms with E-state index in [1.54, 1.807) is 12.1 Å². The average molecular weight is 413 g/mol. The molecule has 0 radical (unpaired) electrons. The number of nitrogens with zero attached hydrogens (tertiary/aromatic N) is 1. The molecule has 1 N–H and O–H groups in total. The summed E-state index contributed by atoms with van der Waals surface area (Å²) in [7, 11) is -3.36. The number of aryl methyl sites for hydroxylation is 2. The first kappa shape index (κ1) is 18.8. The lowest BCUT2D eigenvalue weighted by molar-refractivity contribution is 0.102. The zero-order valence-corrected chi connectivity index (χ0v) is 17.1. The number of hydrogen-bond donors (Lipinski definition) is 1. The minimum atomic E-state index is -3.36. The van der Waals surface area contributed by atoms with Gasteiger partial charge in [-0.1, -0.05) is 18.2 Å². The van der Waals surface area contributed by atoms with Crippen LogP contribution in [0.5, 0.6) is 0 Å². The largest absolute Gasteiger partial charge is 0.298 e. The number of thiazole rings is 1. The molecule has 0 spiro atoms. The van der Waals surface area contributed by atoms with E-state index in [1.807, 2.05) is 5.38 Å². The second kappa shape index (κ2) is 7.48. The molecule has 2 aromatic carbocycles. The zero-order valence-electron chi connectivity index (χ0n) is 15.4. The van der Waals surface area contributed by atoms with Crippen LogP contribution in [-0.2, 0) is 22.7 Å². The van der Waals surface area contributed by atoms with Gasteiger partial charge in [0.2, 0.25) is 0 Å². The zero-order chi connectivity index (χ0) is 19.7. The SMILES string of the molecule is CS(=O)(=O)c1cccc(C(=O)Nc2nc(-c3ccc4c(c3)CCCC4)cs2)c1. The molecular weight excluding hydrogens is 392 g/mol. The highest BCUT2D eigenvalue weighted by Gasteiger charge is 2.15. The average Bonchev–Trinajstić information content (AvgIpc) is 3.15. The summed E-state index contributed by atoms with van der Waals surface area (Å²) >= 11 is 1.35. The van der Waals surface area contributed by atoms with Crippen LogP contribution in [0.2, 0.25) is 0 Å². The number of rotatable bonds is 4. The van der Waals surface area contributed by atoms with Crippen LogP contribution >= 0.6 is 11.3 Å². The summed E-state index contributed by atoms with van der Waals surface area (Å²) in [5, 5.41) is 5.18. The van der Waals surface area contributed by atoms with Gasteiger partial charge in [-0.05, 0) is 61.1 Å². The van der Waals surface area contributed by atoms with Crippen molar-refractivity contribution >= 4 is 32.2 Å². The summed E-state index contributed by atoms with van der Waals surface area (Å²) in [6.07, 6.45) is 5.84. The first-order valence-electron chi connectivity index (χ1n) is 9.09. The number of fused-ring (bicyclic) bond motifs is 1. The third kappa shape index (κ3) is 4.00. The molecule has 28 heavy (non-hydrogen) atoms. The van der Waals surface area contributed by atoms with E-state index in [9.17, 15) is 13.2 Å². The van der Waals surface area contributed by atoms with E-state index in [0.717, 1.165) is 30.4 Å². The summed E-state index contributed by atoms with van der Waals surface area (Å²) in [6.45, 7) is 0. The molecule has 0 unspecified atom stereocenters. The van der Waals surface area contributed by atoms with E-state index in [1.165, 1.54) is 47.4 Å². The maximum absolute atomic E-state index is 12.5. The molecule has 144 valence electrons. The van der Waals surface area contributed by atoms with E-state index in [2.05, 4.69) is 28.5 Å². The van der Waals surface area contributed by atoms with E-state index in [0.29, 0.717) is 5.13 Å². The van der Waals surface area contributed by atoms with Crippen LogP contribution in [0.15, 0.2) is 52.7 Å². The van der Waals surface area contributed by atoms with Crippen molar-refractivity contribution < 1.29 is 13.2 Å². The van der Waals surface area contributed by atoms with Crippen LogP contribution in [0.1, 0.15) is 34.3 Å². The highest BCUT2D eigenvalue weighted by Crippen LogP contribution is 2.29. The molecule has 4 rings (SSSR count). The fourth-order valence-electron chi connectivity index (χ4n) is 3.39. The van der Waals surface area contributed by atoms with Crippen molar-refractivity contribution in [2.75, 3.05) is 11.6 Å². The van der Waals surface area contributed by atoms with Gasteiger partial charge in [-0.2, -0.15) is 0 Å². The number of carbonyl (C=O) groups excluding carboxylic acids is 1. The Morgan fingerprint density at radius 2 is 1.86 bits per heavy atom. The summed E-state index contributed by atoms with van der Waals surface area (Å²) < 4.78 is 23.4. The van der Waals surface area contributed by atoms with Gasteiger partial charge in [-0.15, -0.1) is 11.3 Å². The van der Waals surface area contributed by atoms with Gasteiger partial charge in [0, 0.05) is 22.8 Å². The van der Waals surface area contributed by atoms with Gasteiger partial charge in [-0.3, -0.25) is 10.1 Å². The molecule has 1 aliphatic rings. The number of sulfone groups is 1. The standard InChI is InChI=1S/C21H20N2O3S2/c1-28(25,26)18-8-4-7-17(12-18)20(24)23-21-22-19(13-27-21)16-10-9-14-5-2-3-6-15(14)11-16/h4,7-13H,2-3,5-6H2,1H3,(H,22,23,24). The Hall–Kier alpha value is -2.51. The quantitative estimate of drug-likeness (QED) is 0.691. The second-order valence-corrected chi connectivity index (χ2v) is 9.86. The van der Waals surface area contributed by atoms with Gasteiger partial charge in [0.15, 0.2) is 15.0 Å². The number of aromatic nitrogens is 1. The molecule has 1 heterocycles. The molecule has 3 aromatic rings. The number of nitrogens with one attached hydrogen (secondary N) is 1. The highest BCUT2D eigenvalue weighted by molar-refractivity contribution is 7.90. The second-order valence-electron chi connectivity index (χ2n) is 6.98. The Labute approximate surface area is 168 Å². The number of carbonyl (C=O) groups is 1. The summed E-state index contributed by atoms with van der Waals surface area (Å²) in [5.74, 6) is -0.378. The minimum absolute atomic E-state index is 0.119. The van der Waals surface area contributed by atoms with Crippen molar-refractivity contribution in [1.29, 1.82) is 0 Å². The molecule has 0 atom stereocenters. The van der Waals surface area contributed by atoms with Crippen molar-refractivity contribution in [2.45, 2.75) is 30.6 Å². The molecule has 5 nitrogen and oxygen atoms in total. The van der Waals surface area contributed by atoms with Gasteiger partial charge >= 0.3 is 0 Å². The molecule has 7 heteroatoms. The van der Waals surface area contributed by atoms with Crippen LogP contribution < -0.4 is 5.32 Å². The molecule has 0 bridgehead atoms. The number of anilines is 1. The van der Waals surface area contributed by atoms with Gasteiger partial charge in [-0.25, -0.2) is 13.4 Å². The maximum Gasteiger partial charge on any atom is 0.257 e. The van der Waals surface area contributed by atoms with E-state index in [4.69, 9.17) is 0 Å². The molecule has 0 fully saturated rings. The monoisotopic (exact) mass is 412 g/mol. The van der Waals surface area contributed by atoms with Crippen molar-refractivity contribution in [2.24, 2.45) is 0 Å². The van der Waals surface area contributed by atoms with Gasteiger partial charge in [0.25, 0.3) is 5.91 Å². The van der Waals surface area contributed by atoms with Crippen LogP contribution in [0.4, 0.5) is 5.13 Å². The predicted molar refractivity (Wildman–Crippen MR) is 112 cm³/mol. The normalized spacial score (nSPS) is 13.8. The van der Waals surface area contributed by atoms with E-state index >= 15 is 0 Å². The summed E-state index contributed by atoms with van der Waals surface area (Å²) in [6, 6.07) is 12.5. The Balaban J connectivity index is 1.53. The molecule has 0 saturated carbocycles. The Morgan fingerprint density at radius 1 is 1.07 bits per heavy atom. The van der Waals surface area contributed by atoms with Crippen molar-refractivity contribution in [3.05, 3.63) is 64.5 Å². The minimum Gasteiger partial charge on any atom is -0.298 e. The third-order valence-corrected chi connectivity index (χ3v) is 6.76. The lowest BCUT2D eigenvalue weighted by Crippen LogP contribution is -2.12. The number of amides is 1. The van der Waals surface area contributed by atoms with Crippen LogP contribution in [0, 0.1) is 0 Å². The first-order valence-corrected chi connectivity index (χ1v) is 11.9. The van der Waals surface area contributed by atoms with Crippen LogP contribution in [0.25, 0.3) is 11.3 Å². The Kier molecular flexibility index (Phi) is 5.03. The molecule has 1 aromatic heterocycles. The van der Waals surface area contributed by atoms with E-state index in [-0.39, 0.29) is 16.4 Å². The molecule has 0 saturated heterocycles. The maximum atomic E-state index is 12.5. The van der Waals surface area contributed by atoms with Crippen LogP contribution in [0.3, 0.4) is 0 Å². The van der Waals surface area contributed by atoms with E-state index < -0.39 is 9.84 Å². The lowest BCUT2D eigenvalue weighted by atomic mass is 9.90. The van der Waals surface area contributed by atoms with Crippen molar-refractivity contribution in [3.8, 4) is 11.3 Å².